The van der Waals surface area contributed by atoms with Gasteiger partial charge in [0, 0.05) is 18.1 Å². The van der Waals surface area contributed by atoms with E-state index in [1.807, 2.05) is 20.2 Å². The highest BCUT2D eigenvalue weighted by atomic mass is 16.5. The second-order valence-electron chi connectivity index (χ2n) is 5.71. The third-order valence-corrected chi connectivity index (χ3v) is 3.63. The van der Waals surface area contributed by atoms with Crippen LogP contribution in [0.2, 0.25) is 0 Å². The first-order chi connectivity index (χ1) is 10.4. The van der Waals surface area contributed by atoms with E-state index >= 15 is 0 Å². The number of fused-ring (bicyclic) bond motifs is 1. The van der Waals surface area contributed by atoms with Gasteiger partial charge < -0.3 is 25.4 Å². The van der Waals surface area contributed by atoms with E-state index in [9.17, 15) is 0 Å². The van der Waals surface area contributed by atoms with Gasteiger partial charge in [0.2, 0.25) is 0 Å². The van der Waals surface area contributed by atoms with E-state index in [0.29, 0.717) is 23.8 Å². The molecule has 7 heteroatoms. The summed E-state index contributed by atoms with van der Waals surface area (Å²) >= 11 is 0. The zero-order valence-electron chi connectivity index (χ0n) is 13.6. The van der Waals surface area contributed by atoms with E-state index in [0.717, 1.165) is 24.2 Å². The fraction of sp³-hybridized carbons (Fsp3) is 0.533. The van der Waals surface area contributed by atoms with Crippen molar-refractivity contribution in [2.24, 2.45) is 16.5 Å². The molecule has 0 fully saturated rings. The number of ether oxygens (including phenoxy) is 2. The van der Waals surface area contributed by atoms with Crippen molar-refractivity contribution in [2.75, 3.05) is 40.2 Å². The van der Waals surface area contributed by atoms with Gasteiger partial charge in [-0.2, -0.15) is 0 Å². The van der Waals surface area contributed by atoms with Crippen LogP contribution >= 0.6 is 0 Å². The Bertz CT molecular complexity index is 573. The Morgan fingerprint density at radius 1 is 1.23 bits per heavy atom. The van der Waals surface area contributed by atoms with Crippen LogP contribution in [-0.2, 0) is 0 Å². The average molecular weight is 307 g/mol. The first-order valence-electron chi connectivity index (χ1n) is 7.22. The topological polar surface area (TPSA) is 98.1 Å². The Morgan fingerprint density at radius 2 is 1.86 bits per heavy atom. The molecular weight excluding hydrogens is 282 g/mol. The number of amidine groups is 1. The summed E-state index contributed by atoms with van der Waals surface area (Å²) < 4.78 is 10.6. The highest BCUT2D eigenvalue weighted by Gasteiger charge is 2.30. The van der Waals surface area contributed by atoms with E-state index in [1.165, 1.54) is 0 Å². The largest absolute Gasteiger partial charge is 0.493 e. The number of nitrogens with zero attached hydrogens (tertiary/aromatic N) is 2. The van der Waals surface area contributed by atoms with Crippen molar-refractivity contribution in [1.82, 2.24) is 4.90 Å². The van der Waals surface area contributed by atoms with Crippen LogP contribution in [0.25, 0.3) is 0 Å². The third kappa shape index (κ3) is 3.42. The Labute approximate surface area is 131 Å². The van der Waals surface area contributed by atoms with Crippen LogP contribution in [0, 0.1) is 0 Å². The van der Waals surface area contributed by atoms with E-state index in [1.54, 1.807) is 20.3 Å². The molecule has 0 bridgehead atoms. The molecule has 122 valence electrons. The minimum Gasteiger partial charge on any atom is -0.493 e. The molecule has 5 N–H and O–H groups in total. The van der Waals surface area contributed by atoms with Gasteiger partial charge in [-0.05, 0) is 33.1 Å². The normalized spacial score (nSPS) is 20.2. The number of hydrogen-bond donors (Lipinski definition) is 3. The van der Waals surface area contributed by atoms with E-state index in [-0.39, 0.29) is 0 Å². The molecule has 22 heavy (non-hydrogen) atoms. The van der Waals surface area contributed by atoms with Gasteiger partial charge in [0.15, 0.2) is 17.3 Å². The number of methoxy groups -OCH3 is 2. The lowest BCUT2D eigenvalue weighted by atomic mass is 10.0. The molecule has 0 saturated heterocycles. The molecule has 1 unspecified atom stereocenters. The summed E-state index contributed by atoms with van der Waals surface area (Å²) in [6, 6.07) is 3.64. The maximum absolute atomic E-state index is 6.34. The van der Waals surface area contributed by atoms with Crippen molar-refractivity contribution in [3.63, 3.8) is 0 Å². The second-order valence-corrected chi connectivity index (χ2v) is 5.71. The smallest absolute Gasteiger partial charge is 0.184 e. The van der Waals surface area contributed by atoms with Crippen molar-refractivity contribution in [1.29, 1.82) is 0 Å². The molecule has 1 heterocycles. The fourth-order valence-electron chi connectivity index (χ4n) is 2.51. The predicted molar refractivity (Wildman–Crippen MR) is 88.6 cm³/mol. The minimum atomic E-state index is -0.896. The molecular formula is C15H25N5O2. The summed E-state index contributed by atoms with van der Waals surface area (Å²) in [4.78, 5) is 6.54. The van der Waals surface area contributed by atoms with Crippen molar-refractivity contribution in [3.05, 3.63) is 17.7 Å². The standard InChI is InChI=1S/C15H25N5O2/c1-20(2)7-5-6-15(17)18-11-9-13(22-4)12(21-3)8-10(11)14(16)19-15/h8-9,18H,5-7,17H2,1-4H3,(H2,16,19). The van der Waals surface area contributed by atoms with Crippen LogP contribution in [0.5, 0.6) is 11.5 Å². The maximum atomic E-state index is 6.34. The molecule has 0 saturated carbocycles. The summed E-state index contributed by atoms with van der Waals surface area (Å²) in [5, 5.41) is 3.26. The van der Waals surface area contributed by atoms with E-state index < -0.39 is 5.79 Å². The number of benzene rings is 1. The van der Waals surface area contributed by atoms with Crippen molar-refractivity contribution in [3.8, 4) is 11.5 Å². The van der Waals surface area contributed by atoms with Gasteiger partial charge in [-0.25, -0.2) is 4.99 Å². The van der Waals surface area contributed by atoms with Gasteiger partial charge in [0.1, 0.15) is 5.84 Å². The Morgan fingerprint density at radius 3 is 2.45 bits per heavy atom. The quantitative estimate of drug-likeness (QED) is 0.719. The lowest BCUT2D eigenvalue weighted by molar-refractivity contribution is 0.352. The van der Waals surface area contributed by atoms with Gasteiger partial charge in [0.25, 0.3) is 0 Å². The Balaban J connectivity index is 2.26. The first-order valence-corrected chi connectivity index (χ1v) is 7.22. The van der Waals surface area contributed by atoms with Gasteiger partial charge in [-0.1, -0.05) is 0 Å². The molecule has 1 atom stereocenters. The van der Waals surface area contributed by atoms with Crippen LogP contribution in [0.4, 0.5) is 5.69 Å². The van der Waals surface area contributed by atoms with Crippen molar-refractivity contribution >= 4 is 11.5 Å². The SMILES string of the molecule is COc1cc2c(cc1OC)C(N)=NC(N)(CCCN(C)C)N2. The van der Waals surface area contributed by atoms with Gasteiger partial charge in [-0.15, -0.1) is 0 Å². The van der Waals surface area contributed by atoms with Crippen LogP contribution in [0.3, 0.4) is 0 Å². The predicted octanol–water partition coefficient (Wildman–Crippen LogP) is 0.789. The summed E-state index contributed by atoms with van der Waals surface area (Å²) in [6.07, 6.45) is 1.59. The molecule has 0 aliphatic carbocycles. The van der Waals surface area contributed by atoms with Crippen LogP contribution in [0.15, 0.2) is 17.1 Å². The van der Waals surface area contributed by atoms with E-state index in [4.69, 9.17) is 20.9 Å². The molecule has 1 aliphatic rings. The number of aliphatic imine (C=N–C) groups is 1. The minimum absolute atomic E-state index is 0.405. The zero-order valence-corrected chi connectivity index (χ0v) is 13.6. The number of nitrogens with one attached hydrogen (secondary N) is 1. The van der Waals surface area contributed by atoms with Crippen LogP contribution < -0.4 is 26.3 Å². The second kappa shape index (κ2) is 6.41. The average Bonchev–Trinajstić information content (AvgIpc) is 2.45. The number of nitrogens with two attached hydrogens (primary N) is 2. The fourth-order valence-corrected chi connectivity index (χ4v) is 2.51. The lowest BCUT2D eigenvalue weighted by Gasteiger charge is -2.33. The van der Waals surface area contributed by atoms with Crippen LogP contribution in [-0.4, -0.2) is 51.4 Å². The highest BCUT2D eigenvalue weighted by Crippen LogP contribution is 2.36. The van der Waals surface area contributed by atoms with Crippen molar-refractivity contribution < 1.29 is 9.47 Å². The van der Waals surface area contributed by atoms with Gasteiger partial charge in [-0.3, -0.25) is 5.73 Å². The lowest BCUT2D eigenvalue weighted by Crippen LogP contribution is -2.50. The summed E-state index contributed by atoms with van der Waals surface area (Å²) in [7, 11) is 7.24. The molecule has 2 rings (SSSR count). The molecule has 0 amide bonds. The summed E-state index contributed by atoms with van der Waals surface area (Å²) in [6.45, 7) is 0.939. The number of rotatable bonds is 6. The van der Waals surface area contributed by atoms with Crippen LogP contribution in [0.1, 0.15) is 18.4 Å². The maximum Gasteiger partial charge on any atom is 0.184 e. The molecule has 1 aromatic carbocycles. The first kappa shape index (κ1) is 16.4. The monoisotopic (exact) mass is 307 g/mol. The molecule has 1 aliphatic heterocycles. The number of anilines is 1. The molecule has 0 spiro atoms. The van der Waals surface area contributed by atoms with Gasteiger partial charge in [0.05, 0.1) is 19.9 Å². The number of hydrogen-bond acceptors (Lipinski definition) is 7. The summed E-state index contributed by atoms with van der Waals surface area (Å²) in [5.74, 6) is 0.742. The molecule has 0 aromatic heterocycles. The highest BCUT2D eigenvalue weighted by molar-refractivity contribution is 6.05. The third-order valence-electron chi connectivity index (χ3n) is 3.63. The Kier molecular flexibility index (Phi) is 4.77. The molecule has 7 nitrogen and oxygen atoms in total. The van der Waals surface area contributed by atoms with Crippen molar-refractivity contribution in [2.45, 2.75) is 18.6 Å². The summed E-state index contributed by atoms with van der Waals surface area (Å²) in [5.41, 5.74) is 14.0. The molecule has 0 radical (unpaired) electrons. The molecule has 1 aromatic rings. The Hall–Kier alpha value is -1.99. The van der Waals surface area contributed by atoms with Gasteiger partial charge >= 0.3 is 0 Å². The van der Waals surface area contributed by atoms with E-state index in [2.05, 4.69) is 15.2 Å². The zero-order chi connectivity index (χ0) is 16.3.